The third-order valence-corrected chi connectivity index (χ3v) is 4.28. The van der Waals surface area contributed by atoms with Gasteiger partial charge in [-0.3, -0.25) is 4.79 Å². The van der Waals surface area contributed by atoms with Crippen LogP contribution in [0.3, 0.4) is 0 Å². The second-order valence-electron chi connectivity index (χ2n) is 7.50. The van der Waals surface area contributed by atoms with E-state index < -0.39 is 5.60 Å². The molecule has 138 valence electrons. The molecule has 1 aliphatic rings. The van der Waals surface area contributed by atoms with Crippen LogP contribution in [0.2, 0.25) is 0 Å². The Labute approximate surface area is 150 Å². The molecule has 2 atom stereocenters. The van der Waals surface area contributed by atoms with Crippen LogP contribution in [0.1, 0.15) is 58.6 Å². The molecule has 0 unspecified atom stereocenters. The molecule has 25 heavy (non-hydrogen) atoms. The second-order valence-corrected chi connectivity index (χ2v) is 7.50. The highest BCUT2D eigenvalue weighted by molar-refractivity contribution is 5.70. The number of likely N-dealkylation sites (tertiary alicyclic amines) is 1. The molecule has 1 fully saturated rings. The highest BCUT2D eigenvalue weighted by Gasteiger charge is 2.35. The highest BCUT2D eigenvalue weighted by Crippen LogP contribution is 2.36. The van der Waals surface area contributed by atoms with Crippen molar-refractivity contribution >= 4 is 12.1 Å². The van der Waals surface area contributed by atoms with E-state index in [2.05, 4.69) is 0 Å². The zero-order valence-electron chi connectivity index (χ0n) is 15.7. The van der Waals surface area contributed by atoms with Gasteiger partial charge in [0.1, 0.15) is 5.60 Å². The third kappa shape index (κ3) is 5.76. The number of ether oxygens (including phenoxy) is 2. The molecule has 1 saturated heterocycles. The molecule has 0 spiro atoms. The Balaban J connectivity index is 2.14. The van der Waals surface area contributed by atoms with E-state index in [0.29, 0.717) is 19.6 Å². The fraction of sp³-hybridized carbons (Fsp3) is 0.600. The van der Waals surface area contributed by atoms with Gasteiger partial charge in [0.15, 0.2) is 0 Å². The second kappa shape index (κ2) is 8.37. The van der Waals surface area contributed by atoms with Crippen LogP contribution in [0.15, 0.2) is 30.3 Å². The summed E-state index contributed by atoms with van der Waals surface area (Å²) in [5, 5.41) is 0. The molecule has 1 aliphatic heterocycles. The molecule has 5 heteroatoms. The highest BCUT2D eigenvalue weighted by atomic mass is 16.6. The molecule has 0 aromatic heterocycles. The molecule has 0 bridgehead atoms. The Morgan fingerprint density at radius 3 is 2.48 bits per heavy atom. The van der Waals surface area contributed by atoms with Crippen molar-refractivity contribution in [2.24, 2.45) is 5.92 Å². The van der Waals surface area contributed by atoms with Crippen molar-refractivity contribution in [2.75, 3.05) is 13.2 Å². The summed E-state index contributed by atoms with van der Waals surface area (Å²) in [6, 6.07) is 9.86. The quantitative estimate of drug-likeness (QED) is 0.761. The van der Waals surface area contributed by atoms with Gasteiger partial charge in [0.05, 0.1) is 12.6 Å². The number of hydrogen-bond acceptors (Lipinski definition) is 4. The van der Waals surface area contributed by atoms with Crippen LogP contribution in [0.5, 0.6) is 0 Å². The fourth-order valence-electron chi connectivity index (χ4n) is 3.21. The first-order valence-electron chi connectivity index (χ1n) is 9.00. The molecule has 5 nitrogen and oxygen atoms in total. The minimum atomic E-state index is -0.528. The zero-order chi connectivity index (χ0) is 18.4. The van der Waals surface area contributed by atoms with Gasteiger partial charge >= 0.3 is 12.1 Å². The number of rotatable bonds is 4. The summed E-state index contributed by atoms with van der Waals surface area (Å²) in [5.41, 5.74) is 0.544. The van der Waals surface area contributed by atoms with Crippen LogP contribution >= 0.6 is 0 Å². The largest absolute Gasteiger partial charge is 0.466 e. The van der Waals surface area contributed by atoms with Gasteiger partial charge < -0.3 is 14.4 Å². The predicted molar refractivity (Wildman–Crippen MR) is 96.1 cm³/mol. The monoisotopic (exact) mass is 347 g/mol. The number of amides is 1. The van der Waals surface area contributed by atoms with Crippen LogP contribution in [0.25, 0.3) is 0 Å². The maximum absolute atomic E-state index is 12.6. The van der Waals surface area contributed by atoms with Gasteiger partial charge in [0, 0.05) is 13.0 Å². The van der Waals surface area contributed by atoms with Crippen LogP contribution in [0, 0.1) is 5.92 Å². The van der Waals surface area contributed by atoms with Gasteiger partial charge in [0.25, 0.3) is 0 Å². The zero-order valence-corrected chi connectivity index (χ0v) is 15.7. The van der Waals surface area contributed by atoms with Gasteiger partial charge in [-0.2, -0.15) is 0 Å². The maximum Gasteiger partial charge on any atom is 0.410 e. The van der Waals surface area contributed by atoms with Gasteiger partial charge in [-0.25, -0.2) is 4.79 Å². The first-order valence-corrected chi connectivity index (χ1v) is 9.00. The Kier molecular flexibility index (Phi) is 6.45. The van der Waals surface area contributed by atoms with E-state index in [9.17, 15) is 9.59 Å². The number of nitrogens with zero attached hydrogens (tertiary/aromatic N) is 1. The van der Waals surface area contributed by atoms with Gasteiger partial charge in [-0.05, 0) is 52.0 Å². The van der Waals surface area contributed by atoms with Crippen molar-refractivity contribution in [1.82, 2.24) is 4.90 Å². The van der Waals surface area contributed by atoms with Crippen LogP contribution in [-0.4, -0.2) is 35.7 Å². The van der Waals surface area contributed by atoms with Crippen molar-refractivity contribution in [3.63, 3.8) is 0 Å². The van der Waals surface area contributed by atoms with E-state index in [0.717, 1.165) is 18.4 Å². The fourth-order valence-corrected chi connectivity index (χ4v) is 3.21. The number of esters is 1. The predicted octanol–water partition coefficient (Wildman–Crippen LogP) is 4.33. The summed E-state index contributed by atoms with van der Waals surface area (Å²) in [6.45, 7) is 8.41. The lowest BCUT2D eigenvalue weighted by Crippen LogP contribution is -2.44. The molecule has 0 radical (unpaired) electrons. The van der Waals surface area contributed by atoms with Crippen LogP contribution < -0.4 is 0 Å². The van der Waals surface area contributed by atoms with Crippen molar-refractivity contribution in [1.29, 1.82) is 0 Å². The van der Waals surface area contributed by atoms with E-state index >= 15 is 0 Å². The number of hydrogen-bond donors (Lipinski definition) is 0. The van der Waals surface area contributed by atoms with Crippen molar-refractivity contribution < 1.29 is 19.1 Å². The van der Waals surface area contributed by atoms with Crippen molar-refractivity contribution in [2.45, 2.75) is 58.6 Å². The van der Waals surface area contributed by atoms with E-state index in [1.165, 1.54) is 0 Å². The summed E-state index contributed by atoms with van der Waals surface area (Å²) in [5.74, 6) is 0.0490. The summed E-state index contributed by atoms with van der Waals surface area (Å²) >= 11 is 0. The average molecular weight is 347 g/mol. The molecular weight excluding hydrogens is 318 g/mol. The van der Waals surface area contributed by atoms with E-state index in [1.807, 2.05) is 58.0 Å². The number of carbonyl (C=O) groups excluding carboxylic acids is 2. The smallest absolute Gasteiger partial charge is 0.410 e. The molecule has 1 aromatic carbocycles. The lowest BCUT2D eigenvalue weighted by molar-refractivity contribution is -0.144. The molecule has 0 saturated carbocycles. The Bertz CT molecular complexity index is 579. The molecule has 1 aromatic rings. The SMILES string of the molecule is CCOC(=O)C[C@@H]1CCN(C(=O)OC(C)(C)C)[C@H](c2ccccc2)C1. The van der Waals surface area contributed by atoms with E-state index in [1.54, 1.807) is 4.90 Å². The summed E-state index contributed by atoms with van der Waals surface area (Å²) in [7, 11) is 0. The van der Waals surface area contributed by atoms with Crippen molar-refractivity contribution in [3.05, 3.63) is 35.9 Å². The number of piperidine rings is 1. The Hall–Kier alpha value is -2.04. The Morgan fingerprint density at radius 2 is 1.88 bits per heavy atom. The molecule has 0 N–H and O–H groups in total. The average Bonchev–Trinajstić information content (AvgIpc) is 2.54. The topological polar surface area (TPSA) is 55.8 Å². The third-order valence-electron chi connectivity index (χ3n) is 4.28. The number of benzene rings is 1. The molecule has 1 heterocycles. The lowest BCUT2D eigenvalue weighted by atomic mass is 9.85. The van der Waals surface area contributed by atoms with Crippen LogP contribution in [0.4, 0.5) is 4.79 Å². The lowest BCUT2D eigenvalue weighted by Gasteiger charge is -2.40. The summed E-state index contributed by atoms with van der Waals surface area (Å²) in [4.78, 5) is 26.3. The van der Waals surface area contributed by atoms with Gasteiger partial charge in [0.2, 0.25) is 0 Å². The Morgan fingerprint density at radius 1 is 1.20 bits per heavy atom. The minimum Gasteiger partial charge on any atom is -0.466 e. The summed E-state index contributed by atoms with van der Waals surface area (Å²) < 4.78 is 10.7. The maximum atomic E-state index is 12.6. The van der Waals surface area contributed by atoms with Gasteiger partial charge in [-0.15, -0.1) is 0 Å². The van der Waals surface area contributed by atoms with Gasteiger partial charge in [-0.1, -0.05) is 30.3 Å². The minimum absolute atomic E-state index is 0.0794. The van der Waals surface area contributed by atoms with Crippen LogP contribution in [-0.2, 0) is 14.3 Å². The molecular formula is C20H29NO4. The first-order chi connectivity index (χ1) is 11.8. The normalized spacial score (nSPS) is 20.9. The van der Waals surface area contributed by atoms with Crippen molar-refractivity contribution in [3.8, 4) is 0 Å². The number of carbonyl (C=O) groups is 2. The van der Waals surface area contributed by atoms with E-state index in [4.69, 9.17) is 9.47 Å². The summed E-state index contributed by atoms with van der Waals surface area (Å²) in [6.07, 6.45) is 1.62. The molecule has 0 aliphatic carbocycles. The molecule has 2 rings (SSSR count). The standard InChI is InChI=1S/C20H29NO4/c1-5-24-18(22)14-15-11-12-21(19(23)25-20(2,3)4)17(13-15)16-9-7-6-8-10-16/h6-10,15,17H,5,11-14H2,1-4H3/t15-,17+/m1/s1. The first kappa shape index (κ1) is 19.3. The molecule has 1 amide bonds. The van der Waals surface area contributed by atoms with E-state index in [-0.39, 0.29) is 24.0 Å².